The van der Waals surface area contributed by atoms with E-state index in [2.05, 4.69) is 9.82 Å². The van der Waals surface area contributed by atoms with Gasteiger partial charge in [-0.3, -0.25) is 4.68 Å². The molecule has 0 amide bonds. The monoisotopic (exact) mass is 289 g/mol. The number of aliphatic hydroxyl groups is 1. The van der Waals surface area contributed by atoms with Crippen molar-refractivity contribution in [1.82, 2.24) is 14.5 Å². The summed E-state index contributed by atoms with van der Waals surface area (Å²) in [5, 5.41) is 12.6. The predicted octanol–water partition coefficient (Wildman–Crippen LogP) is -0.420. The zero-order valence-corrected chi connectivity index (χ0v) is 11.5. The normalized spacial score (nSPS) is 15.8. The van der Waals surface area contributed by atoms with Crippen LogP contribution >= 0.6 is 0 Å². The molecule has 0 spiro atoms. The van der Waals surface area contributed by atoms with Crippen molar-refractivity contribution >= 4 is 10.0 Å². The van der Waals surface area contributed by atoms with E-state index in [1.807, 2.05) is 0 Å². The van der Waals surface area contributed by atoms with Crippen LogP contribution in [0.2, 0.25) is 0 Å². The van der Waals surface area contributed by atoms with Crippen LogP contribution in [-0.4, -0.2) is 49.7 Å². The van der Waals surface area contributed by atoms with Crippen LogP contribution in [0.5, 0.6) is 0 Å². The number of nitrogens with one attached hydrogen (secondary N) is 1. The third-order valence-corrected chi connectivity index (χ3v) is 4.25. The molecular formula is C11H19N3O4S. The topological polar surface area (TPSA) is 93.5 Å². The number of rotatable bonds is 9. The molecule has 0 bridgehead atoms. The van der Waals surface area contributed by atoms with Crippen LogP contribution in [0.1, 0.15) is 12.8 Å². The van der Waals surface area contributed by atoms with E-state index in [0.717, 1.165) is 6.61 Å². The van der Waals surface area contributed by atoms with Crippen LogP contribution in [0.25, 0.3) is 0 Å². The molecule has 0 radical (unpaired) electrons. The fourth-order valence-corrected chi connectivity index (χ4v) is 2.54. The van der Waals surface area contributed by atoms with Crippen molar-refractivity contribution in [3.63, 3.8) is 0 Å². The van der Waals surface area contributed by atoms with Crippen molar-refractivity contribution in [2.45, 2.75) is 24.3 Å². The standard InChI is InChI=1S/C11H19N3O4S/c15-5-4-14-8-11(7-12-14)19(16,17)13-3-6-18-9-10-1-2-10/h7-8,10,13,15H,1-6,9H2. The third kappa shape index (κ3) is 4.57. The molecule has 1 aromatic heterocycles. The van der Waals surface area contributed by atoms with Gasteiger partial charge in [0.15, 0.2) is 0 Å². The quantitative estimate of drug-likeness (QED) is 0.602. The second-order valence-corrected chi connectivity index (χ2v) is 6.35. The van der Waals surface area contributed by atoms with Crippen LogP contribution < -0.4 is 4.72 Å². The number of nitrogens with zero attached hydrogens (tertiary/aromatic N) is 2. The Morgan fingerprint density at radius 3 is 3.00 bits per heavy atom. The average Bonchev–Trinajstić information content (AvgIpc) is 3.06. The summed E-state index contributed by atoms with van der Waals surface area (Å²) in [6, 6.07) is 0. The molecule has 0 aromatic carbocycles. The van der Waals surface area contributed by atoms with Crippen LogP contribution in [0.3, 0.4) is 0 Å². The Labute approximate surface area is 112 Å². The Kier molecular flexibility index (Phi) is 4.92. The molecule has 0 saturated heterocycles. The molecule has 8 heteroatoms. The molecule has 1 saturated carbocycles. The van der Waals surface area contributed by atoms with E-state index in [0.29, 0.717) is 12.5 Å². The molecule has 7 nitrogen and oxygen atoms in total. The van der Waals surface area contributed by atoms with Gasteiger partial charge >= 0.3 is 0 Å². The highest BCUT2D eigenvalue weighted by atomic mass is 32.2. The van der Waals surface area contributed by atoms with E-state index in [4.69, 9.17) is 9.84 Å². The number of sulfonamides is 1. The van der Waals surface area contributed by atoms with Gasteiger partial charge in [0, 0.05) is 19.3 Å². The second-order valence-electron chi connectivity index (χ2n) is 4.58. The molecule has 1 aliphatic carbocycles. The number of aromatic nitrogens is 2. The van der Waals surface area contributed by atoms with Crippen LogP contribution in [-0.2, 0) is 21.3 Å². The summed E-state index contributed by atoms with van der Waals surface area (Å²) in [7, 11) is -3.54. The lowest BCUT2D eigenvalue weighted by atomic mass is 10.5. The molecule has 2 N–H and O–H groups in total. The summed E-state index contributed by atoms with van der Waals surface area (Å²) in [6.07, 6.45) is 5.10. The third-order valence-electron chi connectivity index (χ3n) is 2.84. The van der Waals surface area contributed by atoms with Gasteiger partial charge < -0.3 is 9.84 Å². The van der Waals surface area contributed by atoms with Gasteiger partial charge in [-0.2, -0.15) is 5.10 Å². The van der Waals surface area contributed by atoms with Gasteiger partial charge in [0.1, 0.15) is 4.90 Å². The van der Waals surface area contributed by atoms with E-state index in [1.54, 1.807) is 0 Å². The molecule has 0 aliphatic heterocycles. The van der Waals surface area contributed by atoms with Gasteiger partial charge in [-0.1, -0.05) is 0 Å². The molecule has 1 fully saturated rings. The van der Waals surface area contributed by atoms with E-state index in [1.165, 1.54) is 29.9 Å². The summed E-state index contributed by atoms with van der Waals surface area (Å²) in [6.45, 7) is 1.54. The highest BCUT2D eigenvalue weighted by Gasteiger charge is 2.21. The Morgan fingerprint density at radius 1 is 1.53 bits per heavy atom. The summed E-state index contributed by atoms with van der Waals surface area (Å²) >= 11 is 0. The highest BCUT2D eigenvalue weighted by molar-refractivity contribution is 7.89. The number of ether oxygens (including phenoxy) is 1. The lowest BCUT2D eigenvalue weighted by Crippen LogP contribution is -2.27. The highest BCUT2D eigenvalue weighted by Crippen LogP contribution is 2.28. The average molecular weight is 289 g/mol. The molecular weight excluding hydrogens is 270 g/mol. The van der Waals surface area contributed by atoms with Crippen LogP contribution in [0, 0.1) is 5.92 Å². The second kappa shape index (κ2) is 6.47. The molecule has 1 aromatic rings. The Hall–Kier alpha value is -0.960. The van der Waals surface area contributed by atoms with Gasteiger partial charge in [0.2, 0.25) is 10.0 Å². The van der Waals surface area contributed by atoms with Crippen molar-refractivity contribution in [1.29, 1.82) is 0 Å². The number of hydrogen-bond acceptors (Lipinski definition) is 5. The lowest BCUT2D eigenvalue weighted by molar-refractivity contribution is 0.129. The van der Waals surface area contributed by atoms with E-state index in [-0.39, 0.29) is 24.6 Å². The summed E-state index contributed by atoms with van der Waals surface area (Å²) in [4.78, 5) is 0.100. The van der Waals surface area contributed by atoms with E-state index in [9.17, 15) is 8.42 Å². The van der Waals surface area contributed by atoms with Crippen molar-refractivity contribution in [2.24, 2.45) is 5.92 Å². The van der Waals surface area contributed by atoms with Gasteiger partial charge in [-0.05, 0) is 18.8 Å². The Bertz CT molecular complexity index is 496. The number of aliphatic hydroxyl groups excluding tert-OH is 1. The first kappa shape index (κ1) is 14.4. The molecule has 1 aliphatic rings. The van der Waals surface area contributed by atoms with E-state index >= 15 is 0 Å². The van der Waals surface area contributed by atoms with Crippen molar-refractivity contribution in [3.8, 4) is 0 Å². The smallest absolute Gasteiger partial charge is 0.243 e. The minimum absolute atomic E-state index is 0.0798. The molecule has 2 rings (SSSR count). The largest absolute Gasteiger partial charge is 0.394 e. The maximum absolute atomic E-state index is 11.9. The molecule has 1 heterocycles. The van der Waals surface area contributed by atoms with Crippen molar-refractivity contribution < 1.29 is 18.3 Å². The minimum Gasteiger partial charge on any atom is -0.394 e. The minimum atomic E-state index is -3.54. The van der Waals surface area contributed by atoms with Crippen LogP contribution in [0.15, 0.2) is 17.3 Å². The van der Waals surface area contributed by atoms with Gasteiger partial charge in [-0.15, -0.1) is 0 Å². The van der Waals surface area contributed by atoms with Gasteiger partial charge in [0.25, 0.3) is 0 Å². The predicted molar refractivity (Wildman–Crippen MR) is 68.0 cm³/mol. The van der Waals surface area contributed by atoms with Crippen LogP contribution in [0.4, 0.5) is 0 Å². The first-order valence-electron chi connectivity index (χ1n) is 6.32. The lowest BCUT2D eigenvalue weighted by Gasteiger charge is -2.05. The van der Waals surface area contributed by atoms with Gasteiger partial charge in [-0.25, -0.2) is 13.1 Å². The summed E-state index contributed by atoms with van der Waals surface area (Å²) in [5.41, 5.74) is 0. The molecule has 0 unspecified atom stereocenters. The molecule has 19 heavy (non-hydrogen) atoms. The fraction of sp³-hybridized carbons (Fsp3) is 0.727. The SMILES string of the molecule is O=S(=O)(NCCOCC1CC1)c1cnn(CCO)c1. The summed E-state index contributed by atoms with van der Waals surface area (Å²) in [5.74, 6) is 0.674. The fourth-order valence-electron chi connectivity index (χ4n) is 1.57. The van der Waals surface area contributed by atoms with Crippen molar-refractivity contribution in [3.05, 3.63) is 12.4 Å². The maximum Gasteiger partial charge on any atom is 0.243 e. The zero-order valence-electron chi connectivity index (χ0n) is 10.7. The maximum atomic E-state index is 11.9. The van der Waals surface area contributed by atoms with E-state index < -0.39 is 10.0 Å². The number of hydrogen-bond donors (Lipinski definition) is 2. The zero-order chi connectivity index (χ0) is 13.7. The van der Waals surface area contributed by atoms with Crippen molar-refractivity contribution in [2.75, 3.05) is 26.4 Å². The first-order chi connectivity index (χ1) is 9.12. The summed E-state index contributed by atoms with van der Waals surface area (Å²) < 4.78 is 32.9. The molecule has 108 valence electrons. The Morgan fingerprint density at radius 2 is 2.32 bits per heavy atom. The molecule has 0 atom stereocenters. The Balaban J connectivity index is 1.75. The first-order valence-corrected chi connectivity index (χ1v) is 7.81. The van der Waals surface area contributed by atoms with Gasteiger partial charge in [0.05, 0.1) is 26.0 Å².